The van der Waals surface area contributed by atoms with Gasteiger partial charge in [-0.15, -0.1) is 0 Å². The number of aryl methyl sites for hydroxylation is 1. The van der Waals surface area contributed by atoms with E-state index < -0.39 is 0 Å². The fraction of sp³-hybridized carbons (Fsp3) is 0.263. The van der Waals surface area contributed by atoms with Crippen LogP contribution in [0.25, 0.3) is 33.3 Å². The fourth-order valence-electron chi connectivity index (χ4n) is 7.17. The summed E-state index contributed by atoms with van der Waals surface area (Å²) in [4.78, 5) is 4.69. The van der Waals surface area contributed by atoms with E-state index in [1.807, 2.05) is 42.1 Å². The first-order valence-electron chi connectivity index (χ1n) is 15.5. The number of thioether (sulfide) groups is 1. The maximum Gasteiger partial charge on any atom is 0.141 e. The van der Waals surface area contributed by atoms with Gasteiger partial charge in [-0.05, 0) is 75.8 Å². The second-order valence-corrected chi connectivity index (χ2v) is 13.1. The van der Waals surface area contributed by atoms with Crippen LogP contribution in [0, 0.1) is 19.8 Å². The van der Waals surface area contributed by atoms with E-state index in [1.165, 1.54) is 23.3 Å². The molecule has 3 aromatic heterocycles. The van der Waals surface area contributed by atoms with Crippen LogP contribution in [0.5, 0.6) is 17.2 Å². The number of ether oxygens (including phenoxy) is 2. The van der Waals surface area contributed by atoms with Crippen LogP contribution in [0.4, 0.5) is 0 Å². The summed E-state index contributed by atoms with van der Waals surface area (Å²) in [5, 5.41) is 7.93. The van der Waals surface area contributed by atoms with Crippen molar-refractivity contribution in [2.75, 3.05) is 13.4 Å². The highest BCUT2D eigenvalue weighted by molar-refractivity contribution is 7.99. The summed E-state index contributed by atoms with van der Waals surface area (Å²) in [7, 11) is 1.67. The predicted octanol–water partition coefficient (Wildman–Crippen LogP) is 9.58. The van der Waals surface area contributed by atoms with E-state index in [2.05, 4.69) is 103 Å². The normalized spacial score (nSPS) is 18.4. The van der Waals surface area contributed by atoms with Crippen molar-refractivity contribution in [1.29, 1.82) is 0 Å². The van der Waals surface area contributed by atoms with Crippen LogP contribution in [0.15, 0.2) is 96.7 Å². The first kappa shape index (κ1) is 29.2. The molecule has 0 amide bonds. The molecule has 0 saturated heterocycles. The van der Waals surface area contributed by atoms with E-state index in [-0.39, 0.29) is 0 Å². The van der Waals surface area contributed by atoms with Gasteiger partial charge >= 0.3 is 0 Å². The fourth-order valence-corrected chi connectivity index (χ4v) is 8.02. The highest BCUT2D eigenvalue weighted by Crippen LogP contribution is 2.44. The van der Waals surface area contributed by atoms with Crippen molar-refractivity contribution in [3.05, 3.63) is 114 Å². The molecule has 45 heavy (non-hydrogen) atoms. The standard InChI is InChI=1S/C38H38N4O2S/c1-23-18-31(45-6)19-24(2)37(23)38-25(3)40-42(26(38)4)27-10-9-11-29(20-27)44-30-14-15-33-32-12-7-8-13-34(32)41(35(33)21-30)36-22-28(43-5)16-17-39-36/h7-18,20-22,24,31,37H,19H2,1-6H3/t24-,31-,37?/m0/s1. The quantitative estimate of drug-likeness (QED) is 0.168. The molecule has 0 radical (unpaired) electrons. The summed E-state index contributed by atoms with van der Waals surface area (Å²) in [6, 6.07) is 26.7. The molecule has 3 aromatic carbocycles. The number of hydrogen-bond donors (Lipinski definition) is 0. The minimum atomic E-state index is 0.388. The SMILES string of the molecule is COc1ccnc(-n2c3ccccc3c3ccc(Oc4cccc(-n5nc(C)c(C6C(C)=C[C@H](SC)C[C@@H]6C)c5C)c4)cc32)c1. The molecule has 1 unspecified atom stereocenters. The first-order valence-corrected chi connectivity index (χ1v) is 16.7. The van der Waals surface area contributed by atoms with Crippen molar-refractivity contribution < 1.29 is 9.47 Å². The molecule has 0 bridgehead atoms. The van der Waals surface area contributed by atoms with Crippen molar-refractivity contribution >= 4 is 33.6 Å². The summed E-state index contributed by atoms with van der Waals surface area (Å²) in [5.74, 6) is 4.01. The summed E-state index contributed by atoms with van der Waals surface area (Å²) >= 11 is 1.94. The van der Waals surface area contributed by atoms with Gasteiger partial charge in [0.1, 0.15) is 23.1 Å². The van der Waals surface area contributed by atoms with Gasteiger partial charge in [0, 0.05) is 57.6 Å². The number of nitrogens with zero attached hydrogens (tertiary/aromatic N) is 4. The highest BCUT2D eigenvalue weighted by atomic mass is 32.2. The number of allylic oxidation sites excluding steroid dienone is 1. The lowest BCUT2D eigenvalue weighted by atomic mass is 9.75. The topological polar surface area (TPSA) is 54.1 Å². The molecule has 3 atom stereocenters. The minimum absolute atomic E-state index is 0.388. The number of fused-ring (bicyclic) bond motifs is 3. The summed E-state index contributed by atoms with van der Waals surface area (Å²) in [6.45, 7) is 9.01. The van der Waals surface area contributed by atoms with Gasteiger partial charge in [-0.1, -0.05) is 42.8 Å². The predicted molar refractivity (Wildman–Crippen MR) is 186 cm³/mol. The molecule has 7 rings (SSSR count). The minimum Gasteiger partial charge on any atom is -0.497 e. The molecular formula is C38H38N4O2S. The Morgan fingerprint density at radius 1 is 0.844 bits per heavy atom. The second-order valence-electron chi connectivity index (χ2n) is 12.1. The lowest BCUT2D eigenvalue weighted by molar-refractivity contribution is 0.414. The zero-order valence-corrected chi connectivity index (χ0v) is 27.4. The number of rotatable bonds is 7. The number of para-hydroxylation sites is 1. The first-order chi connectivity index (χ1) is 21.9. The maximum atomic E-state index is 6.52. The highest BCUT2D eigenvalue weighted by Gasteiger charge is 2.32. The van der Waals surface area contributed by atoms with Crippen LogP contribution in [0.2, 0.25) is 0 Å². The van der Waals surface area contributed by atoms with Gasteiger partial charge in [0.15, 0.2) is 0 Å². The van der Waals surface area contributed by atoms with Crippen molar-refractivity contribution in [1.82, 2.24) is 19.3 Å². The van der Waals surface area contributed by atoms with Crippen LogP contribution in [-0.4, -0.2) is 37.9 Å². The van der Waals surface area contributed by atoms with Crippen LogP contribution in [-0.2, 0) is 0 Å². The average Bonchev–Trinajstić information content (AvgIpc) is 3.53. The number of aromatic nitrogens is 4. The van der Waals surface area contributed by atoms with Gasteiger partial charge in [0.05, 0.1) is 29.5 Å². The van der Waals surface area contributed by atoms with Gasteiger partial charge in [-0.3, -0.25) is 4.57 Å². The third kappa shape index (κ3) is 5.19. The molecule has 6 aromatic rings. The lowest BCUT2D eigenvalue weighted by Gasteiger charge is -2.33. The molecular weight excluding hydrogens is 577 g/mol. The van der Waals surface area contributed by atoms with E-state index in [4.69, 9.17) is 14.6 Å². The number of methoxy groups -OCH3 is 1. The summed E-state index contributed by atoms with van der Waals surface area (Å²) in [5.41, 5.74) is 8.17. The molecule has 0 saturated carbocycles. The summed E-state index contributed by atoms with van der Waals surface area (Å²) < 4.78 is 16.3. The molecule has 0 spiro atoms. The van der Waals surface area contributed by atoms with Gasteiger partial charge in [0.2, 0.25) is 0 Å². The van der Waals surface area contributed by atoms with E-state index in [0.29, 0.717) is 17.1 Å². The Morgan fingerprint density at radius 3 is 2.44 bits per heavy atom. The molecule has 3 heterocycles. The van der Waals surface area contributed by atoms with Crippen LogP contribution >= 0.6 is 11.8 Å². The van der Waals surface area contributed by atoms with Crippen molar-refractivity contribution in [3.8, 4) is 28.8 Å². The molecule has 6 nitrogen and oxygen atoms in total. The molecule has 1 aliphatic carbocycles. The smallest absolute Gasteiger partial charge is 0.141 e. The Morgan fingerprint density at radius 2 is 1.64 bits per heavy atom. The Balaban J connectivity index is 1.25. The van der Waals surface area contributed by atoms with Crippen LogP contribution in [0.3, 0.4) is 0 Å². The maximum absolute atomic E-state index is 6.52. The van der Waals surface area contributed by atoms with E-state index in [1.54, 1.807) is 13.3 Å². The van der Waals surface area contributed by atoms with Crippen molar-refractivity contribution in [3.63, 3.8) is 0 Å². The van der Waals surface area contributed by atoms with Gasteiger partial charge < -0.3 is 9.47 Å². The average molecular weight is 615 g/mol. The van der Waals surface area contributed by atoms with E-state index in [9.17, 15) is 0 Å². The zero-order valence-electron chi connectivity index (χ0n) is 26.6. The molecule has 1 aliphatic rings. The Kier molecular flexibility index (Phi) is 7.66. The van der Waals surface area contributed by atoms with Gasteiger partial charge in [-0.2, -0.15) is 16.9 Å². The van der Waals surface area contributed by atoms with Crippen molar-refractivity contribution in [2.45, 2.75) is 45.3 Å². The molecule has 0 aliphatic heterocycles. The Bertz CT molecular complexity index is 2070. The number of benzene rings is 3. The molecule has 0 fully saturated rings. The third-order valence-corrected chi connectivity index (χ3v) is 10.1. The van der Waals surface area contributed by atoms with E-state index in [0.717, 1.165) is 56.3 Å². The van der Waals surface area contributed by atoms with Gasteiger partial charge in [-0.25, -0.2) is 9.67 Å². The van der Waals surface area contributed by atoms with Gasteiger partial charge in [0.25, 0.3) is 0 Å². The molecule has 0 N–H and O–H groups in total. The Labute approximate surface area is 268 Å². The third-order valence-electron chi connectivity index (χ3n) is 9.20. The Hall–Kier alpha value is -4.49. The molecule has 7 heteroatoms. The monoisotopic (exact) mass is 614 g/mol. The number of pyridine rings is 1. The van der Waals surface area contributed by atoms with E-state index >= 15 is 0 Å². The second kappa shape index (κ2) is 11.8. The molecule has 228 valence electrons. The number of hydrogen-bond acceptors (Lipinski definition) is 5. The van der Waals surface area contributed by atoms with Crippen LogP contribution < -0.4 is 9.47 Å². The zero-order chi connectivity index (χ0) is 31.2. The largest absolute Gasteiger partial charge is 0.497 e. The summed E-state index contributed by atoms with van der Waals surface area (Å²) in [6.07, 6.45) is 7.63. The lowest BCUT2D eigenvalue weighted by Crippen LogP contribution is -2.22. The van der Waals surface area contributed by atoms with Crippen LogP contribution in [0.1, 0.15) is 43.1 Å². The van der Waals surface area contributed by atoms with Crippen molar-refractivity contribution in [2.24, 2.45) is 5.92 Å².